The molecule has 0 aliphatic heterocycles. The quantitative estimate of drug-likeness (QED) is 0.597. The van der Waals surface area contributed by atoms with Crippen LogP contribution in [-0.4, -0.2) is 11.2 Å². The minimum atomic E-state index is -0.0400. The summed E-state index contributed by atoms with van der Waals surface area (Å²) in [6, 6.07) is 0. The molecule has 1 heteroatoms. The molecular formula is C11H20O. The minimum absolute atomic E-state index is 0.0400. The lowest BCUT2D eigenvalue weighted by atomic mass is 9.78. The third-order valence-electron chi connectivity index (χ3n) is 2.76. The van der Waals surface area contributed by atoms with Crippen LogP contribution in [0.15, 0.2) is 11.6 Å². The monoisotopic (exact) mass is 168 g/mol. The third kappa shape index (κ3) is 2.63. The molecule has 0 heterocycles. The van der Waals surface area contributed by atoms with Gasteiger partial charge in [0.05, 0.1) is 6.10 Å². The zero-order chi connectivity index (χ0) is 9.14. The van der Waals surface area contributed by atoms with E-state index in [1.807, 2.05) is 0 Å². The lowest BCUT2D eigenvalue weighted by Crippen LogP contribution is -2.24. The Kier molecular flexibility index (Phi) is 3.33. The molecule has 1 aliphatic rings. The molecule has 12 heavy (non-hydrogen) atoms. The number of allylic oxidation sites excluding steroid dienone is 2. The molecule has 1 N–H and O–H groups in total. The van der Waals surface area contributed by atoms with Gasteiger partial charge in [0.15, 0.2) is 0 Å². The molecule has 0 aromatic rings. The van der Waals surface area contributed by atoms with Crippen LogP contribution in [0.3, 0.4) is 0 Å². The van der Waals surface area contributed by atoms with Gasteiger partial charge in [-0.05, 0) is 44.9 Å². The molecule has 0 aromatic carbocycles. The predicted octanol–water partition coefficient (Wildman–Crippen LogP) is 2.75. The molecule has 3 unspecified atom stereocenters. The Balaban J connectivity index is 2.51. The van der Waals surface area contributed by atoms with Crippen LogP contribution in [0.4, 0.5) is 0 Å². The first-order valence-corrected chi connectivity index (χ1v) is 4.92. The molecule has 1 saturated carbocycles. The van der Waals surface area contributed by atoms with Crippen LogP contribution in [-0.2, 0) is 0 Å². The van der Waals surface area contributed by atoms with Crippen molar-refractivity contribution in [2.45, 2.75) is 46.1 Å². The first-order chi connectivity index (χ1) is 5.59. The molecule has 70 valence electrons. The minimum Gasteiger partial charge on any atom is -0.393 e. The molecule has 0 bridgehead atoms. The van der Waals surface area contributed by atoms with Gasteiger partial charge in [-0.3, -0.25) is 0 Å². The Labute approximate surface area is 75.5 Å². The summed E-state index contributed by atoms with van der Waals surface area (Å²) in [5.74, 6) is 1.36. The van der Waals surface area contributed by atoms with Gasteiger partial charge in [0.1, 0.15) is 0 Å². The van der Waals surface area contributed by atoms with Crippen molar-refractivity contribution in [1.82, 2.24) is 0 Å². The van der Waals surface area contributed by atoms with Crippen LogP contribution in [0.5, 0.6) is 0 Å². The SMILES string of the molecule is CC(C)=CC1CCC(O)CC1C. The fraction of sp³-hybridized carbons (Fsp3) is 0.818. The largest absolute Gasteiger partial charge is 0.393 e. The first kappa shape index (κ1) is 9.79. The van der Waals surface area contributed by atoms with E-state index in [0.717, 1.165) is 19.3 Å². The molecular weight excluding hydrogens is 148 g/mol. The molecule has 1 rings (SSSR count). The van der Waals surface area contributed by atoms with E-state index in [2.05, 4.69) is 26.8 Å². The molecule has 0 spiro atoms. The second kappa shape index (κ2) is 4.08. The van der Waals surface area contributed by atoms with Crippen LogP contribution >= 0.6 is 0 Å². The van der Waals surface area contributed by atoms with Crippen LogP contribution in [0.25, 0.3) is 0 Å². The molecule has 0 amide bonds. The highest BCUT2D eigenvalue weighted by Crippen LogP contribution is 2.31. The van der Waals surface area contributed by atoms with Crippen molar-refractivity contribution < 1.29 is 5.11 Å². The highest BCUT2D eigenvalue weighted by atomic mass is 16.3. The summed E-state index contributed by atoms with van der Waals surface area (Å²) in [6.45, 7) is 6.54. The maximum atomic E-state index is 9.41. The van der Waals surface area contributed by atoms with Gasteiger partial charge < -0.3 is 5.11 Å². The van der Waals surface area contributed by atoms with Crippen LogP contribution in [0, 0.1) is 11.8 Å². The Morgan fingerprint density at radius 1 is 1.33 bits per heavy atom. The third-order valence-corrected chi connectivity index (χ3v) is 2.76. The number of aliphatic hydroxyl groups is 1. The summed E-state index contributed by atoms with van der Waals surface area (Å²) < 4.78 is 0. The number of aliphatic hydroxyl groups excluding tert-OH is 1. The van der Waals surface area contributed by atoms with E-state index in [9.17, 15) is 5.11 Å². The first-order valence-electron chi connectivity index (χ1n) is 4.92. The molecule has 1 fully saturated rings. The summed E-state index contributed by atoms with van der Waals surface area (Å²) in [5.41, 5.74) is 1.41. The topological polar surface area (TPSA) is 20.2 Å². The second-order valence-corrected chi connectivity index (χ2v) is 4.35. The van der Waals surface area contributed by atoms with Gasteiger partial charge in [0.2, 0.25) is 0 Å². The van der Waals surface area contributed by atoms with Crippen molar-refractivity contribution in [3.8, 4) is 0 Å². The smallest absolute Gasteiger partial charge is 0.0543 e. The molecule has 1 nitrogen and oxygen atoms in total. The van der Waals surface area contributed by atoms with E-state index >= 15 is 0 Å². The molecule has 0 aromatic heterocycles. The fourth-order valence-corrected chi connectivity index (χ4v) is 2.07. The molecule has 1 aliphatic carbocycles. The van der Waals surface area contributed by atoms with Crippen molar-refractivity contribution in [1.29, 1.82) is 0 Å². The normalized spacial score (nSPS) is 36.2. The maximum Gasteiger partial charge on any atom is 0.0543 e. The van der Waals surface area contributed by atoms with Gasteiger partial charge in [-0.1, -0.05) is 18.6 Å². The Bertz CT molecular complexity index is 168. The fourth-order valence-electron chi connectivity index (χ4n) is 2.07. The van der Waals surface area contributed by atoms with E-state index < -0.39 is 0 Å². The van der Waals surface area contributed by atoms with Crippen molar-refractivity contribution >= 4 is 0 Å². The zero-order valence-corrected chi connectivity index (χ0v) is 8.38. The standard InChI is InChI=1S/C11H20O/c1-8(2)6-10-4-5-11(12)7-9(10)3/h6,9-12H,4-5,7H2,1-3H3. The molecule has 0 saturated heterocycles. The van der Waals surface area contributed by atoms with E-state index in [4.69, 9.17) is 0 Å². The van der Waals surface area contributed by atoms with Crippen LogP contribution < -0.4 is 0 Å². The van der Waals surface area contributed by atoms with Crippen molar-refractivity contribution in [2.24, 2.45) is 11.8 Å². The highest BCUT2D eigenvalue weighted by molar-refractivity contribution is 5.00. The molecule has 0 radical (unpaired) electrons. The van der Waals surface area contributed by atoms with Crippen LogP contribution in [0.2, 0.25) is 0 Å². The van der Waals surface area contributed by atoms with Gasteiger partial charge in [0, 0.05) is 0 Å². The van der Waals surface area contributed by atoms with Gasteiger partial charge in [-0.25, -0.2) is 0 Å². The van der Waals surface area contributed by atoms with Gasteiger partial charge >= 0.3 is 0 Å². The lowest BCUT2D eigenvalue weighted by Gasteiger charge is -2.30. The summed E-state index contributed by atoms with van der Waals surface area (Å²) in [7, 11) is 0. The Hall–Kier alpha value is -0.300. The van der Waals surface area contributed by atoms with Gasteiger partial charge in [-0.15, -0.1) is 0 Å². The summed E-state index contributed by atoms with van der Waals surface area (Å²) in [6.07, 6.45) is 5.44. The lowest BCUT2D eigenvalue weighted by molar-refractivity contribution is 0.0879. The Morgan fingerprint density at radius 2 is 2.00 bits per heavy atom. The number of rotatable bonds is 1. The van der Waals surface area contributed by atoms with Crippen molar-refractivity contribution in [2.75, 3.05) is 0 Å². The maximum absolute atomic E-state index is 9.41. The van der Waals surface area contributed by atoms with E-state index in [1.54, 1.807) is 0 Å². The number of hydrogen-bond donors (Lipinski definition) is 1. The summed E-state index contributed by atoms with van der Waals surface area (Å²) in [4.78, 5) is 0. The Morgan fingerprint density at radius 3 is 2.50 bits per heavy atom. The predicted molar refractivity (Wildman–Crippen MR) is 51.9 cm³/mol. The van der Waals surface area contributed by atoms with E-state index in [1.165, 1.54) is 5.57 Å². The van der Waals surface area contributed by atoms with Crippen molar-refractivity contribution in [3.63, 3.8) is 0 Å². The average Bonchev–Trinajstić information content (AvgIpc) is 1.94. The number of hydrogen-bond acceptors (Lipinski definition) is 1. The van der Waals surface area contributed by atoms with Gasteiger partial charge in [0.25, 0.3) is 0 Å². The van der Waals surface area contributed by atoms with E-state index in [0.29, 0.717) is 11.8 Å². The van der Waals surface area contributed by atoms with Gasteiger partial charge in [-0.2, -0.15) is 0 Å². The highest BCUT2D eigenvalue weighted by Gasteiger charge is 2.24. The molecule has 3 atom stereocenters. The average molecular weight is 168 g/mol. The summed E-state index contributed by atoms with van der Waals surface area (Å²) >= 11 is 0. The van der Waals surface area contributed by atoms with E-state index in [-0.39, 0.29) is 6.10 Å². The van der Waals surface area contributed by atoms with Crippen molar-refractivity contribution in [3.05, 3.63) is 11.6 Å². The zero-order valence-electron chi connectivity index (χ0n) is 8.38. The summed E-state index contributed by atoms with van der Waals surface area (Å²) in [5, 5.41) is 9.41. The van der Waals surface area contributed by atoms with Crippen LogP contribution in [0.1, 0.15) is 40.0 Å². The second-order valence-electron chi connectivity index (χ2n) is 4.35.